The van der Waals surface area contributed by atoms with Crippen LogP contribution >= 0.6 is 27.5 Å². The first-order valence-electron chi connectivity index (χ1n) is 5.67. The van der Waals surface area contributed by atoms with Crippen LogP contribution in [0.15, 0.2) is 35.1 Å². The Morgan fingerprint density at radius 1 is 1.42 bits per heavy atom. The first-order valence-corrected chi connectivity index (χ1v) is 6.84. The topological polar surface area (TPSA) is 54.9 Å². The first-order chi connectivity index (χ1) is 9.10. The Kier molecular flexibility index (Phi) is 4.50. The molecule has 0 spiro atoms. The molecule has 0 aliphatic rings. The summed E-state index contributed by atoms with van der Waals surface area (Å²) in [5.41, 5.74) is 1.99. The standard InChI is InChI=1S/C13H11BrClN3O/c1-2-8-5-9(14)3-4-10(8)18-13(19)11-6-16-7-12(15)17-11/h3-7H,2H2,1H3,(H,18,19). The SMILES string of the molecule is CCc1cc(Br)ccc1NC(=O)c1cncc(Cl)n1. The molecule has 1 amide bonds. The molecule has 1 N–H and O–H groups in total. The maximum Gasteiger partial charge on any atom is 0.275 e. The lowest BCUT2D eigenvalue weighted by molar-refractivity contribution is 0.102. The summed E-state index contributed by atoms with van der Waals surface area (Å²) in [6.45, 7) is 2.02. The number of hydrogen-bond donors (Lipinski definition) is 1. The molecule has 0 bridgehead atoms. The van der Waals surface area contributed by atoms with Crippen LogP contribution in [0, 0.1) is 0 Å². The summed E-state index contributed by atoms with van der Waals surface area (Å²) in [5, 5.41) is 3.00. The van der Waals surface area contributed by atoms with Gasteiger partial charge in [0.25, 0.3) is 5.91 Å². The summed E-state index contributed by atoms with van der Waals surface area (Å²) in [4.78, 5) is 19.8. The molecule has 0 aliphatic heterocycles. The quantitative estimate of drug-likeness (QED) is 0.926. The fourth-order valence-corrected chi connectivity index (χ4v) is 2.17. The fourth-order valence-electron chi connectivity index (χ4n) is 1.61. The van der Waals surface area contributed by atoms with Crippen LogP contribution in [0.1, 0.15) is 23.0 Å². The molecule has 0 atom stereocenters. The second kappa shape index (κ2) is 6.12. The second-order valence-corrected chi connectivity index (χ2v) is 5.14. The average molecular weight is 341 g/mol. The van der Waals surface area contributed by atoms with Gasteiger partial charge in [-0.3, -0.25) is 9.78 Å². The van der Waals surface area contributed by atoms with Gasteiger partial charge in [0, 0.05) is 10.2 Å². The zero-order chi connectivity index (χ0) is 13.8. The molecule has 0 aliphatic carbocycles. The largest absolute Gasteiger partial charge is 0.320 e. The van der Waals surface area contributed by atoms with Crippen molar-refractivity contribution in [2.24, 2.45) is 0 Å². The number of amides is 1. The van der Waals surface area contributed by atoms with Crippen LogP contribution in [0.3, 0.4) is 0 Å². The van der Waals surface area contributed by atoms with E-state index in [2.05, 4.69) is 31.2 Å². The number of aryl methyl sites for hydroxylation is 1. The Bertz CT molecular complexity index is 619. The Labute approximate surface area is 124 Å². The number of hydrogen-bond acceptors (Lipinski definition) is 3. The van der Waals surface area contributed by atoms with Crippen LogP contribution in [0.4, 0.5) is 5.69 Å². The van der Waals surface area contributed by atoms with E-state index in [1.807, 2.05) is 25.1 Å². The third-order valence-electron chi connectivity index (χ3n) is 2.53. The Balaban J connectivity index is 2.24. The zero-order valence-corrected chi connectivity index (χ0v) is 12.5. The molecule has 19 heavy (non-hydrogen) atoms. The number of halogens is 2. The Morgan fingerprint density at radius 3 is 2.89 bits per heavy atom. The molecular formula is C13H11BrClN3O. The van der Waals surface area contributed by atoms with Gasteiger partial charge in [0.2, 0.25) is 0 Å². The van der Waals surface area contributed by atoms with Crippen molar-refractivity contribution < 1.29 is 4.79 Å². The Hall–Kier alpha value is -1.46. The number of benzene rings is 1. The number of carbonyl (C=O) groups excluding carboxylic acids is 1. The maximum absolute atomic E-state index is 12.0. The van der Waals surface area contributed by atoms with E-state index in [0.29, 0.717) is 0 Å². The normalized spacial score (nSPS) is 10.3. The monoisotopic (exact) mass is 339 g/mol. The molecule has 0 radical (unpaired) electrons. The molecule has 98 valence electrons. The van der Waals surface area contributed by atoms with Gasteiger partial charge in [-0.15, -0.1) is 0 Å². The van der Waals surface area contributed by atoms with Gasteiger partial charge >= 0.3 is 0 Å². The number of nitrogens with one attached hydrogen (secondary N) is 1. The van der Waals surface area contributed by atoms with Crippen LogP contribution < -0.4 is 5.32 Å². The first kappa shape index (κ1) is 14.0. The highest BCUT2D eigenvalue weighted by Crippen LogP contribution is 2.22. The lowest BCUT2D eigenvalue weighted by atomic mass is 10.1. The highest BCUT2D eigenvalue weighted by Gasteiger charge is 2.11. The number of nitrogens with zero attached hydrogens (tertiary/aromatic N) is 2. The minimum absolute atomic E-state index is 0.192. The summed E-state index contributed by atoms with van der Waals surface area (Å²) in [6, 6.07) is 5.69. The number of rotatable bonds is 3. The predicted molar refractivity (Wildman–Crippen MR) is 78.5 cm³/mol. The van der Waals surface area contributed by atoms with Gasteiger partial charge in [-0.2, -0.15) is 0 Å². The summed E-state index contributed by atoms with van der Waals surface area (Å²) < 4.78 is 0.977. The van der Waals surface area contributed by atoms with E-state index in [9.17, 15) is 4.79 Å². The van der Waals surface area contributed by atoms with Gasteiger partial charge in [0.1, 0.15) is 10.8 Å². The molecular weight excluding hydrogens is 330 g/mol. The minimum Gasteiger partial charge on any atom is -0.320 e. The third-order valence-corrected chi connectivity index (χ3v) is 3.21. The van der Waals surface area contributed by atoms with Crippen LogP contribution in [-0.4, -0.2) is 15.9 Å². The highest BCUT2D eigenvalue weighted by molar-refractivity contribution is 9.10. The molecule has 2 rings (SSSR count). The molecule has 2 aromatic rings. The third kappa shape index (κ3) is 3.52. The van der Waals surface area contributed by atoms with E-state index < -0.39 is 0 Å². The van der Waals surface area contributed by atoms with E-state index in [4.69, 9.17) is 11.6 Å². The van der Waals surface area contributed by atoms with Gasteiger partial charge in [0.15, 0.2) is 0 Å². The second-order valence-electron chi connectivity index (χ2n) is 3.84. The summed E-state index contributed by atoms with van der Waals surface area (Å²) >= 11 is 9.12. The van der Waals surface area contributed by atoms with Crippen LogP contribution in [0.5, 0.6) is 0 Å². The van der Waals surface area contributed by atoms with Crippen molar-refractivity contribution in [3.8, 4) is 0 Å². The van der Waals surface area contributed by atoms with Crippen molar-refractivity contribution in [3.63, 3.8) is 0 Å². The summed E-state index contributed by atoms with van der Waals surface area (Å²) in [5.74, 6) is -0.327. The van der Waals surface area contributed by atoms with Crippen molar-refractivity contribution in [3.05, 3.63) is 51.5 Å². The molecule has 0 saturated carbocycles. The van der Waals surface area contributed by atoms with Gasteiger partial charge < -0.3 is 5.32 Å². The molecule has 4 nitrogen and oxygen atoms in total. The van der Waals surface area contributed by atoms with Crippen molar-refractivity contribution in [2.45, 2.75) is 13.3 Å². The maximum atomic E-state index is 12.0. The van der Waals surface area contributed by atoms with E-state index in [1.165, 1.54) is 12.4 Å². The van der Waals surface area contributed by atoms with Gasteiger partial charge in [-0.05, 0) is 30.2 Å². The van der Waals surface area contributed by atoms with Gasteiger partial charge in [-0.1, -0.05) is 34.5 Å². The van der Waals surface area contributed by atoms with Crippen molar-refractivity contribution in [1.82, 2.24) is 9.97 Å². The van der Waals surface area contributed by atoms with Crippen LogP contribution in [0.25, 0.3) is 0 Å². The molecule has 1 aromatic heterocycles. The van der Waals surface area contributed by atoms with E-state index in [1.54, 1.807) is 0 Å². The molecule has 0 saturated heterocycles. The van der Waals surface area contributed by atoms with Crippen molar-refractivity contribution in [2.75, 3.05) is 5.32 Å². The molecule has 6 heteroatoms. The number of aromatic nitrogens is 2. The zero-order valence-electron chi connectivity index (χ0n) is 10.2. The number of anilines is 1. The van der Waals surface area contributed by atoms with Gasteiger partial charge in [0.05, 0.1) is 12.4 Å². The average Bonchev–Trinajstić information content (AvgIpc) is 2.40. The Morgan fingerprint density at radius 2 is 2.21 bits per heavy atom. The van der Waals surface area contributed by atoms with E-state index >= 15 is 0 Å². The summed E-state index contributed by atoms with van der Waals surface area (Å²) in [7, 11) is 0. The lowest BCUT2D eigenvalue weighted by Crippen LogP contribution is -2.15. The highest BCUT2D eigenvalue weighted by atomic mass is 79.9. The van der Waals surface area contributed by atoms with Crippen LogP contribution in [0.2, 0.25) is 5.15 Å². The van der Waals surface area contributed by atoms with Crippen molar-refractivity contribution in [1.29, 1.82) is 0 Å². The van der Waals surface area contributed by atoms with Gasteiger partial charge in [-0.25, -0.2) is 4.98 Å². The molecule has 1 heterocycles. The van der Waals surface area contributed by atoms with Crippen molar-refractivity contribution >= 4 is 39.1 Å². The van der Waals surface area contributed by atoms with E-state index in [0.717, 1.165) is 22.1 Å². The number of carbonyl (C=O) groups is 1. The van der Waals surface area contributed by atoms with Crippen LogP contribution in [-0.2, 0) is 6.42 Å². The molecule has 0 unspecified atom stereocenters. The molecule has 1 aromatic carbocycles. The predicted octanol–water partition coefficient (Wildman–Crippen LogP) is 3.71. The van der Waals surface area contributed by atoms with E-state index in [-0.39, 0.29) is 16.8 Å². The minimum atomic E-state index is -0.327. The molecule has 0 fully saturated rings. The fraction of sp³-hybridized carbons (Fsp3) is 0.154. The summed E-state index contributed by atoms with van der Waals surface area (Å²) in [6.07, 6.45) is 3.58. The smallest absolute Gasteiger partial charge is 0.275 e. The lowest BCUT2D eigenvalue weighted by Gasteiger charge is -2.10.